The van der Waals surface area contributed by atoms with Gasteiger partial charge in [-0.25, -0.2) is 0 Å². The second kappa shape index (κ2) is 7.83. The van der Waals surface area contributed by atoms with E-state index in [2.05, 4.69) is 0 Å². The zero-order chi connectivity index (χ0) is 18.7. The number of hydrogen-bond acceptors (Lipinski definition) is 5. The van der Waals surface area contributed by atoms with Gasteiger partial charge in [-0.2, -0.15) is 0 Å². The van der Waals surface area contributed by atoms with Crippen molar-refractivity contribution in [2.24, 2.45) is 0 Å². The molecule has 136 valence electrons. The summed E-state index contributed by atoms with van der Waals surface area (Å²) < 4.78 is 11.0. The molecule has 3 rings (SSSR count). The maximum Gasteiger partial charge on any atom is 0.267 e. The van der Waals surface area contributed by atoms with Gasteiger partial charge in [-0.3, -0.25) is 14.5 Å². The Hall–Kier alpha value is -2.47. The number of amides is 2. The summed E-state index contributed by atoms with van der Waals surface area (Å²) in [6, 6.07) is 10.9. The summed E-state index contributed by atoms with van der Waals surface area (Å²) in [4.78, 5) is 27.2. The lowest BCUT2D eigenvalue weighted by molar-refractivity contribution is -0.136. The summed E-state index contributed by atoms with van der Waals surface area (Å²) in [6.07, 6.45) is 1.67. The van der Waals surface area contributed by atoms with Crippen LogP contribution < -0.4 is 4.74 Å². The Morgan fingerprint density at radius 2 is 1.85 bits per heavy atom. The van der Waals surface area contributed by atoms with Crippen molar-refractivity contribution in [2.75, 3.05) is 6.54 Å². The Balaban J connectivity index is 1.92. The standard InChI is InChI=1S/C20H21NO4S/c1-4-21-19(22)17(14-7-9-15(10-8-14)25-13(2)3)18(20(21)23)26-12-16-6-5-11-24-16/h5-11,13H,4,12H2,1-3H3. The third-order valence-corrected chi connectivity index (χ3v) is 4.99. The van der Waals surface area contributed by atoms with Crippen molar-refractivity contribution >= 4 is 29.1 Å². The second-order valence-corrected chi connectivity index (χ2v) is 7.10. The number of nitrogens with zero attached hydrogens (tertiary/aromatic N) is 1. The highest BCUT2D eigenvalue weighted by molar-refractivity contribution is 8.03. The van der Waals surface area contributed by atoms with Gasteiger partial charge in [0.2, 0.25) is 0 Å². The number of likely N-dealkylation sites (N-methyl/N-ethyl adjacent to an activating group) is 1. The van der Waals surface area contributed by atoms with E-state index in [1.165, 1.54) is 16.7 Å². The van der Waals surface area contributed by atoms with Crippen LogP contribution in [0.25, 0.3) is 5.57 Å². The number of hydrogen-bond donors (Lipinski definition) is 0. The average Bonchev–Trinajstić information content (AvgIpc) is 3.20. The summed E-state index contributed by atoms with van der Waals surface area (Å²) in [7, 11) is 0. The molecule has 1 aromatic carbocycles. The van der Waals surface area contributed by atoms with Gasteiger partial charge in [0.1, 0.15) is 11.5 Å². The molecule has 0 atom stereocenters. The van der Waals surface area contributed by atoms with Crippen molar-refractivity contribution in [1.82, 2.24) is 4.90 Å². The predicted octanol–water partition coefficient (Wildman–Crippen LogP) is 4.10. The highest BCUT2D eigenvalue weighted by Gasteiger charge is 2.38. The topological polar surface area (TPSA) is 59.8 Å². The molecule has 0 saturated heterocycles. The summed E-state index contributed by atoms with van der Waals surface area (Å²) >= 11 is 1.33. The second-order valence-electron chi connectivity index (χ2n) is 6.12. The smallest absolute Gasteiger partial charge is 0.267 e. The summed E-state index contributed by atoms with van der Waals surface area (Å²) in [5.74, 6) is 1.50. The number of furan rings is 1. The minimum atomic E-state index is -0.253. The van der Waals surface area contributed by atoms with Gasteiger partial charge in [0.15, 0.2) is 0 Å². The molecule has 26 heavy (non-hydrogen) atoms. The van der Waals surface area contributed by atoms with Crippen LogP contribution in [0.5, 0.6) is 5.75 Å². The molecule has 6 heteroatoms. The fourth-order valence-electron chi connectivity index (χ4n) is 2.74. The van der Waals surface area contributed by atoms with Gasteiger partial charge in [-0.15, -0.1) is 11.8 Å². The summed E-state index contributed by atoms with van der Waals surface area (Å²) in [6.45, 7) is 6.06. The average molecular weight is 371 g/mol. The molecule has 0 N–H and O–H groups in total. The number of rotatable bonds is 7. The van der Waals surface area contributed by atoms with E-state index in [1.807, 2.05) is 44.2 Å². The number of ether oxygens (including phenoxy) is 1. The molecule has 5 nitrogen and oxygen atoms in total. The molecule has 1 aromatic heterocycles. The van der Waals surface area contributed by atoms with Crippen LogP contribution in [-0.4, -0.2) is 29.4 Å². The molecule has 0 saturated carbocycles. The van der Waals surface area contributed by atoms with Gasteiger partial charge in [-0.1, -0.05) is 12.1 Å². The predicted molar refractivity (Wildman–Crippen MR) is 102 cm³/mol. The zero-order valence-corrected chi connectivity index (χ0v) is 15.8. The van der Waals surface area contributed by atoms with Crippen molar-refractivity contribution in [3.05, 3.63) is 58.9 Å². The molecule has 1 aliphatic rings. The lowest BCUT2D eigenvalue weighted by Crippen LogP contribution is -2.31. The largest absolute Gasteiger partial charge is 0.491 e. The minimum Gasteiger partial charge on any atom is -0.491 e. The fourth-order valence-corrected chi connectivity index (χ4v) is 3.77. The Labute approximate surface area is 157 Å². The summed E-state index contributed by atoms with van der Waals surface area (Å²) in [5, 5.41) is 0. The Kier molecular flexibility index (Phi) is 5.52. The number of benzene rings is 1. The van der Waals surface area contributed by atoms with Gasteiger partial charge >= 0.3 is 0 Å². The monoisotopic (exact) mass is 371 g/mol. The van der Waals surface area contributed by atoms with Crippen LogP contribution in [0.2, 0.25) is 0 Å². The van der Waals surface area contributed by atoms with Crippen molar-refractivity contribution in [3.8, 4) is 5.75 Å². The van der Waals surface area contributed by atoms with E-state index in [0.29, 0.717) is 22.8 Å². The first-order chi connectivity index (χ1) is 12.5. The normalized spacial score (nSPS) is 14.7. The van der Waals surface area contributed by atoms with Crippen LogP contribution in [0, 0.1) is 0 Å². The molecule has 2 heterocycles. The first kappa shape index (κ1) is 18.3. The number of imide groups is 1. The molecule has 2 amide bonds. The van der Waals surface area contributed by atoms with Crippen molar-refractivity contribution in [2.45, 2.75) is 32.6 Å². The zero-order valence-electron chi connectivity index (χ0n) is 15.0. The van der Waals surface area contributed by atoms with Crippen molar-refractivity contribution in [3.63, 3.8) is 0 Å². The molecule has 2 aromatic rings. The van der Waals surface area contributed by atoms with E-state index in [0.717, 1.165) is 17.1 Å². The molecule has 0 spiro atoms. The number of carbonyl (C=O) groups is 2. The maximum atomic E-state index is 12.8. The molecule has 0 radical (unpaired) electrons. The van der Waals surface area contributed by atoms with Gasteiger partial charge < -0.3 is 9.15 Å². The third kappa shape index (κ3) is 3.70. The Bertz CT molecular complexity index is 822. The van der Waals surface area contributed by atoms with E-state index >= 15 is 0 Å². The molecule has 0 aliphatic carbocycles. The van der Waals surface area contributed by atoms with Crippen LogP contribution in [0.3, 0.4) is 0 Å². The van der Waals surface area contributed by atoms with Crippen LogP contribution in [0.1, 0.15) is 32.1 Å². The van der Waals surface area contributed by atoms with Gasteiger partial charge in [0.05, 0.1) is 28.6 Å². The van der Waals surface area contributed by atoms with Gasteiger partial charge in [0, 0.05) is 6.54 Å². The van der Waals surface area contributed by atoms with E-state index in [4.69, 9.17) is 9.15 Å². The maximum absolute atomic E-state index is 12.8. The highest BCUT2D eigenvalue weighted by Crippen LogP contribution is 2.37. The van der Waals surface area contributed by atoms with E-state index < -0.39 is 0 Å². The molecular formula is C20H21NO4S. The van der Waals surface area contributed by atoms with E-state index in [1.54, 1.807) is 19.3 Å². The van der Waals surface area contributed by atoms with Gasteiger partial charge in [0.25, 0.3) is 11.8 Å². The highest BCUT2D eigenvalue weighted by atomic mass is 32.2. The summed E-state index contributed by atoms with van der Waals surface area (Å²) in [5.41, 5.74) is 1.17. The van der Waals surface area contributed by atoms with Crippen LogP contribution >= 0.6 is 11.8 Å². The lowest BCUT2D eigenvalue weighted by atomic mass is 10.1. The van der Waals surface area contributed by atoms with Gasteiger partial charge in [-0.05, 0) is 50.6 Å². The quantitative estimate of drug-likeness (QED) is 0.686. The van der Waals surface area contributed by atoms with E-state index in [9.17, 15) is 9.59 Å². The van der Waals surface area contributed by atoms with Crippen molar-refractivity contribution in [1.29, 1.82) is 0 Å². The van der Waals surface area contributed by atoms with Crippen LogP contribution in [0.4, 0.5) is 0 Å². The SMILES string of the molecule is CCN1C(=O)C(SCc2ccco2)=C(c2ccc(OC(C)C)cc2)C1=O. The fraction of sp³-hybridized carbons (Fsp3) is 0.300. The molecule has 0 unspecified atom stereocenters. The molecule has 1 aliphatic heterocycles. The van der Waals surface area contributed by atoms with Crippen LogP contribution in [0.15, 0.2) is 52.0 Å². The Morgan fingerprint density at radius 1 is 1.12 bits per heavy atom. The first-order valence-corrected chi connectivity index (χ1v) is 9.52. The minimum absolute atomic E-state index is 0.0738. The Morgan fingerprint density at radius 3 is 2.42 bits per heavy atom. The molecule has 0 bridgehead atoms. The van der Waals surface area contributed by atoms with E-state index in [-0.39, 0.29) is 17.9 Å². The van der Waals surface area contributed by atoms with Crippen molar-refractivity contribution < 1.29 is 18.7 Å². The molecule has 0 fully saturated rings. The lowest BCUT2D eigenvalue weighted by Gasteiger charge is -2.12. The molecular weight excluding hydrogens is 350 g/mol. The number of carbonyl (C=O) groups excluding carboxylic acids is 2. The first-order valence-electron chi connectivity index (χ1n) is 8.54. The third-order valence-electron chi connectivity index (χ3n) is 3.90. The van der Waals surface area contributed by atoms with Crippen LogP contribution in [-0.2, 0) is 15.3 Å². The number of thioether (sulfide) groups is 1.